The number of carbonyl (C=O) groups is 1. The van der Waals surface area contributed by atoms with Gasteiger partial charge in [0.05, 0.1) is 6.54 Å². The first-order valence-corrected chi connectivity index (χ1v) is 8.70. The second-order valence-corrected chi connectivity index (χ2v) is 7.27. The number of aryl methyl sites for hydroxylation is 1. The molecule has 3 rings (SSSR count). The predicted molar refractivity (Wildman–Crippen MR) is 94.4 cm³/mol. The van der Waals surface area contributed by atoms with Crippen molar-refractivity contribution in [2.75, 3.05) is 6.54 Å². The van der Waals surface area contributed by atoms with Crippen LogP contribution in [-0.2, 0) is 16.8 Å². The second kappa shape index (κ2) is 6.60. The largest absolute Gasteiger partial charge is 0.355 e. The van der Waals surface area contributed by atoms with Crippen molar-refractivity contribution >= 4 is 22.9 Å². The van der Waals surface area contributed by atoms with Crippen molar-refractivity contribution in [2.45, 2.75) is 32.2 Å². The highest BCUT2D eigenvalue weighted by atomic mass is 32.1. The van der Waals surface area contributed by atoms with Crippen LogP contribution in [0.3, 0.4) is 0 Å². The molecule has 0 spiro atoms. The number of thiophene rings is 1. The summed E-state index contributed by atoms with van der Waals surface area (Å²) in [5.74, 6) is -0.0800. The maximum Gasteiger partial charge on any atom is 0.350 e. The zero-order chi connectivity index (χ0) is 17.2. The van der Waals surface area contributed by atoms with Crippen molar-refractivity contribution in [1.82, 2.24) is 19.5 Å². The fourth-order valence-electron chi connectivity index (χ4n) is 2.48. The third kappa shape index (κ3) is 3.41. The number of nitrogens with zero attached hydrogens (tertiary/aromatic N) is 3. The molecule has 0 bridgehead atoms. The molecule has 1 N–H and O–H groups in total. The van der Waals surface area contributed by atoms with E-state index in [1.165, 1.54) is 14.0 Å². The molecule has 6 nitrogen and oxygen atoms in total. The Balaban J connectivity index is 1.57. The zero-order valence-corrected chi connectivity index (χ0v) is 14.5. The van der Waals surface area contributed by atoms with Gasteiger partial charge in [0.15, 0.2) is 5.65 Å². The Labute approximate surface area is 143 Å². The summed E-state index contributed by atoms with van der Waals surface area (Å²) < 4.78 is 2.80. The smallest absolute Gasteiger partial charge is 0.350 e. The third-order valence-electron chi connectivity index (χ3n) is 3.95. The van der Waals surface area contributed by atoms with Gasteiger partial charge < -0.3 is 5.32 Å². The predicted octanol–water partition coefficient (Wildman–Crippen LogP) is 2.04. The number of nitrogens with one attached hydrogen (secondary N) is 1. The molecule has 0 aromatic carbocycles. The maximum absolute atomic E-state index is 12.1. The van der Waals surface area contributed by atoms with Gasteiger partial charge in [-0.3, -0.25) is 9.20 Å². The first-order valence-electron chi connectivity index (χ1n) is 7.82. The molecular formula is C17H20N4O2S. The van der Waals surface area contributed by atoms with Gasteiger partial charge in [0.25, 0.3) is 0 Å². The van der Waals surface area contributed by atoms with Gasteiger partial charge in [-0.05, 0) is 23.6 Å². The topological polar surface area (TPSA) is 68.4 Å². The summed E-state index contributed by atoms with van der Waals surface area (Å²) in [6, 6.07) is 9.46. The van der Waals surface area contributed by atoms with Gasteiger partial charge in [-0.1, -0.05) is 26.0 Å². The van der Waals surface area contributed by atoms with Crippen LogP contribution < -0.4 is 11.0 Å². The normalized spacial score (nSPS) is 11.8. The van der Waals surface area contributed by atoms with Crippen molar-refractivity contribution in [2.24, 2.45) is 0 Å². The lowest BCUT2D eigenvalue weighted by Crippen LogP contribution is -2.37. The molecule has 3 aromatic rings. The highest BCUT2D eigenvalue weighted by molar-refractivity contribution is 7.10. The SMILES string of the molecule is CC(C)(CNC(=O)CCn1nc2ccccn2c1=O)c1cccs1. The lowest BCUT2D eigenvalue weighted by molar-refractivity contribution is -0.121. The van der Waals surface area contributed by atoms with Crippen LogP contribution in [0.2, 0.25) is 0 Å². The van der Waals surface area contributed by atoms with Crippen LogP contribution in [0.15, 0.2) is 46.7 Å². The summed E-state index contributed by atoms with van der Waals surface area (Å²) in [7, 11) is 0. The van der Waals surface area contributed by atoms with E-state index >= 15 is 0 Å². The van der Waals surface area contributed by atoms with Gasteiger partial charge in [0.2, 0.25) is 5.91 Å². The van der Waals surface area contributed by atoms with E-state index in [2.05, 4.69) is 30.3 Å². The number of carbonyl (C=O) groups excluding carboxylic acids is 1. The summed E-state index contributed by atoms with van der Waals surface area (Å²) in [6.07, 6.45) is 1.90. The van der Waals surface area contributed by atoms with Crippen molar-refractivity contribution in [3.05, 3.63) is 57.3 Å². The second-order valence-electron chi connectivity index (χ2n) is 6.32. The summed E-state index contributed by atoms with van der Waals surface area (Å²) in [5.41, 5.74) is 0.253. The lowest BCUT2D eigenvalue weighted by Gasteiger charge is -2.23. The minimum atomic E-state index is -0.225. The van der Waals surface area contributed by atoms with Crippen LogP contribution in [0.5, 0.6) is 0 Å². The van der Waals surface area contributed by atoms with Gasteiger partial charge in [-0.2, -0.15) is 0 Å². The maximum atomic E-state index is 12.1. The summed E-state index contributed by atoms with van der Waals surface area (Å²) in [6.45, 7) is 5.04. The number of aromatic nitrogens is 3. The molecule has 0 atom stereocenters. The van der Waals surface area contributed by atoms with Crippen molar-refractivity contribution in [1.29, 1.82) is 0 Å². The van der Waals surface area contributed by atoms with Crippen LogP contribution in [-0.4, -0.2) is 26.6 Å². The average Bonchev–Trinajstić information content (AvgIpc) is 3.21. The van der Waals surface area contributed by atoms with Gasteiger partial charge in [0.1, 0.15) is 0 Å². The zero-order valence-electron chi connectivity index (χ0n) is 13.7. The quantitative estimate of drug-likeness (QED) is 0.744. The molecular weight excluding hydrogens is 324 g/mol. The number of hydrogen-bond acceptors (Lipinski definition) is 4. The Morgan fingerprint density at radius 2 is 2.12 bits per heavy atom. The number of hydrogen-bond donors (Lipinski definition) is 1. The van der Waals surface area contributed by atoms with E-state index in [1.54, 1.807) is 29.7 Å². The van der Waals surface area contributed by atoms with E-state index in [1.807, 2.05) is 17.5 Å². The molecule has 0 aliphatic rings. The van der Waals surface area contributed by atoms with Crippen LogP contribution in [0.25, 0.3) is 5.65 Å². The van der Waals surface area contributed by atoms with Crippen LogP contribution in [0.1, 0.15) is 25.1 Å². The first kappa shape index (κ1) is 16.4. The Morgan fingerprint density at radius 1 is 1.29 bits per heavy atom. The van der Waals surface area contributed by atoms with Crippen LogP contribution in [0.4, 0.5) is 0 Å². The number of amides is 1. The summed E-state index contributed by atoms with van der Waals surface area (Å²) in [5, 5.41) is 9.21. The molecule has 0 aliphatic heterocycles. The van der Waals surface area contributed by atoms with E-state index in [0.29, 0.717) is 12.2 Å². The van der Waals surface area contributed by atoms with Gasteiger partial charge >= 0.3 is 5.69 Å². The Kier molecular flexibility index (Phi) is 4.53. The Hall–Kier alpha value is -2.41. The van der Waals surface area contributed by atoms with E-state index in [-0.39, 0.29) is 30.0 Å². The van der Waals surface area contributed by atoms with Crippen LogP contribution >= 0.6 is 11.3 Å². The molecule has 24 heavy (non-hydrogen) atoms. The molecule has 3 aromatic heterocycles. The van der Waals surface area contributed by atoms with E-state index in [4.69, 9.17) is 0 Å². The summed E-state index contributed by atoms with van der Waals surface area (Å²) >= 11 is 1.69. The lowest BCUT2D eigenvalue weighted by atomic mass is 9.91. The average molecular weight is 344 g/mol. The number of fused-ring (bicyclic) bond motifs is 1. The van der Waals surface area contributed by atoms with Gasteiger partial charge in [-0.15, -0.1) is 16.4 Å². The third-order valence-corrected chi connectivity index (χ3v) is 5.19. The molecule has 126 valence electrons. The number of rotatable bonds is 6. The minimum Gasteiger partial charge on any atom is -0.355 e. The molecule has 1 amide bonds. The van der Waals surface area contributed by atoms with E-state index in [0.717, 1.165) is 0 Å². The van der Waals surface area contributed by atoms with E-state index in [9.17, 15) is 9.59 Å². The monoisotopic (exact) mass is 344 g/mol. The standard InChI is InChI=1S/C17H20N4O2S/c1-17(2,13-6-5-11-24-13)12-18-15(22)8-10-21-16(23)20-9-4-3-7-14(20)19-21/h3-7,9,11H,8,10,12H2,1-2H3,(H,18,22). The first-order chi connectivity index (χ1) is 11.5. The molecule has 7 heteroatoms. The molecule has 0 radical (unpaired) electrons. The van der Waals surface area contributed by atoms with Crippen molar-refractivity contribution in [3.63, 3.8) is 0 Å². The molecule has 3 heterocycles. The minimum absolute atomic E-state index is 0.0800. The Morgan fingerprint density at radius 3 is 2.83 bits per heavy atom. The van der Waals surface area contributed by atoms with Crippen LogP contribution in [0, 0.1) is 0 Å². The van der Waals surface area contributed by atoms with Gasteiger partial charge in [0, 0.05) is 29.5 Å². The fraction of sp³-hybridized carbons (Fsp3) is 0.353. The van der Waals surface area contributed by atoms with Gasteiger partial charge in [-0.25, -0.2) is 9.48 Å². The fourth-order valence-corrected chi connectivity index (χ4v) is 3.33. The van der Waals surface area contributed by atoms with Crippen molar-refractivity contribution in [3.8, 4) is 0 Å². The molecule has 0 fully saturated rings. The highest BCUT2D eigenvalue weighted by Gasteiger charge is 2.22. The molecule has 0 aliphatic carbocycles. The molecule has 0 saturated carbocycles. The molecule has 0 unspecified atom stereocenters. The molecule has 0 saturated heterocycles. The summed E-state index contributed by atoms with van der Waals surface area (Å²) in [4.78, 5) is 25.5. The van der Waals surface area contributed by atoms with Crippen molar-refractivity contribution < 1.29 is 4.79 Å². The van der Waals surface area contributed by atoms with E-state index < -0.39 is 0 Å². The highest BCUT2D eigenvalue weighted by Crippen LogP contribution is 2.26. The Bertz CT molecular complexity index is 893. The number of pyridine rings is 1.